The number of nitrogens with one attached hydrogen (secondary N) is 1. The smallest absolute Gasteiger partial charge is 0.0765 e. The maximum atomic E-state index is 10.1. The van der Waals surface area contributed by atoms with E-state index in [0.717, 1.165) is 12.8 Å². The standard InChI is InChI=1S/C13H27NO3/c1-13(15,7-8-16-2)10-14-11-5-4-6-12(9-11)17-3/h11-12,14-15H,4-10H2,1-3H3. The van der Waals surface area contributed by atoms with Crippen LogP contribution in [-0.2, 0) is 9.47 Å². The van der Waals surface area contributed by atoms with Gasteiger partial charge < -0.3 is 19.9 Å². The normalized spacial score (nSPS) is 28.9. The molecule has 1 aliphatic rings. The number of hydrogen-bond donors (Lipinski definition) is 2. The topological polar surface area (TPSA) is 50.7 Å². The quantitative estimate of drug-likeness (QED) is 0.710. The fourth-order valence-electron chi connectivity index (χ4n) is 2.32. The molecular weight excluding hydrogens is 218 g/mol. The molecule has 102 valence electrons. The Kier molecular flexibility index (Phi) is 6.41. The largest absolute Gasteiger partial charge is 0.389 e. The average molecular weight is 245 g/mol. The van der Waals surface area contributed by atoms with Crippen molar-refractivity contribution in [2.45, 2.75) is 56.8 Å². The molecule has 4 nitrogen and oxygen atoms in total. The molecule has 3 atom stereocenters. The highest BCUT2D eigenvalue weighted by molar-refractivity contribution is 4.82. The number of hydrogen-bond acceptors (Lipinski definition) is 4. The van der Waals surface area contributed by atoms with E-state index in [1.807, 2.05) is 6.92 Å². The Hall–Kier alpha value is -0.160. The third-order valence-electron chi connectivity index (χ3n) is 3.58. The molecule has 0 saturated heterocycles. The van der Waals surface area contributed by atoms with Crippen molar-refractivity contribution < 1.29 is 14.6 Å². The molecule has 2 N–H and O–H groups in total. The van der Waals surface area contributed by atoms with Gasteiger partial charge in [-0.25, -0.2) is 0 Å². The van der Waals surface area contributed by atoms with Crippen LogP contribution in [0.4, 0.5) is 0 Å². The molecule has 0 aliphatic heterocycles. The van der Waals surface area contributed by atoms with Gasteiger partial charge in [0.2, 0.25) is 0 Å². The number of rotatable bonds is 7. The summed E-state index contributed by atoms with van der Waals surface area (Å²) < 4.78 is 10.4. The van der Waals surface area contributed by atoms with E-state index in [-0.39, 0.29) is 0 Å². The van der Waals surface area contributed by atoms with E-state index in [1.54, 1.807) is 14.2 Å². The van der Waals surface area contributed by atoms with Gasteiger partial charge in [0.25, 0.3) is 0 Å². The monoisotopic (exact) mass is 245 g/mol. The minimum Gasteiger partial charge on any atom is -0.389 e. The van der Waals surface area contributed by atoms with Gasteiger partial charge in [0.15, 0.2) is 0 Å². The number of ether oxygens (including phenoxy) is 2. The second kappa shape index (κ2) is 7.31. The molecule has 0 amide bonds. The average Bonchev–Trinajstić information content (AvgIpc) is 2.34. The molecule has 1 fully saturated rings. The van der Waals surface area contributed by atoms with Crippen molar-refractivity contribution in [3.63, 3.8) is 0 Å². The first kappa shape index (κ1) is 14.9. The maximum Gasteiger partial charge on any atom is 0.0765 e. The molecule has 0 bridgehead atoms. The lowest BCUT2D eigenvalue weighted by atomic mass is 9.92. The summed E-state index contributed by atoms with van der Waals surface area (Å²) in [5.74, 6) is 0. The van der Waals surface area contributed by atoms with Crippen LogP contribution in [0, 0.1) is 0 Å². The van der Waals surface area contributed by atoms with Gasteiger partial charge in [0.05, 0.1) is 11.7 Å². The second-order valence-corrected chi connectivity index (χ2v) is 5.34. The predicted octanol–water partition coefficient (Wildman–Crippen LogP) is 1.32. The number of aliphatic hydroxyl groups is 1. The zero-order chi connectivity index (χ0) is 12.7. The Morgan fingerprint density at radius 1 is 1.35 bits per heavy atom. The highest BCUT2D eigenvalue weighted by atomic mass is 16.5. The zero-order valence-electron chi connectivity index (χ0n) is 11.4. The summed E-state index contributed by atoms with van der Waals surface area (Å²) in [6, 6.07) is 0.475. The molecule has 0 aromatic carbocycles. The van der Waals surface area contributed by atoms with E-state index >= 15 is 0 Å². The molecule has 3 unspecified atom stereocenters. The molecule has 17 heavy (non-hydrogen) atoms. The van der Waals surface area contributed by atoms with Crippen LogP contribution >= 0.6 is 0 Å². The molecule has 1 aliphatic carbocycles. The summed E-state index contributed by atoms with van der Waals surface area (Å²) in [4.78, 5) is 0. The van der Waals surface area contributed by atoms with E-state index < -0.39 is 5.60 Å². The molecular formula is C13H27NO3. The maximum absolute atomic E-state index is 10.1. The van der Waals surface area contributed by atoms with Gasteiger partial charge in [0, 0.05) is 39.8 Å². The third-order valence-corrected chi connectivity index (χ3v) is 3.58. The minimum atomic E-state index is -0.684. The van der Waals surface area contributed by atoms with Gasteiger partial charge in [-0.05, 0) is 32.6 Å². The summed E-state index contributed by atoms with van der Waals surface area (Å²) in [7, 11) is 3.44. The predicted molar refractivity (Wildman–Crippen MR) is 68.2 cm³/mol. The van der Waals surface area contributed by atoms with Crippen molar-refractivity contribution in [2.24, 2.45) is 0 Å². The van der Waals surface area contributed by atoms with Crippen LogP contribution in [0.25, 0.3) is 0 Å². The Bertz CT molecular complexity index is 209. The zero-order valence-corrected chi connectivity index (χ0v) is 11.4. The molecule has 1 rings (SSSR count). The van der Waals surface area contributed by atoms with Crippen LogP contribution in [0.5, 0.6) is 0 Å². The van der Waals surface area contributed by atoms with Crippen LogP contribution < -0.4 is 5.32 Å². The van der Waals surface area contributed by atoms with Crippen molar-refractivity contribution in [3.8, 4) is 0 Å². The lowest BCUT2D eigenvalue weighted by molar-refractivity contribution is 0.0150. The van der Waals surface area contributed by atoms with Gasteiger partial charge >= 0.3 is 0 Å². The van der Waals surface area contributed by atoms with Crippen molar-refractivity contribution >= 4 is 0 Å². The van der Waals surface area contributed by atoms with E-state index in [0.29, 0.717) is 31.7 Å². The summed E-state index contributed by atoms with van der Waals surface area (Å²) in [6.07, 6.45) is 5.64. The van der Waals surface area contributed by atoms with E-state index in [9.17, 15) is 5.11 Å². The highest BCUT2D eigenvalue weighted by Crippen LogP contribution is 2.21. The van der Waals surface area contributed by atoms with Crippen molar-refractivity contribution in [3.05, 3.63) is 0 Å². The van der Waals surface area contributed by atoms with Gasteiger partial charge in [0.1, 0.15) is 0 Å². The molecule has 4 heteroatoms. The van der Waals surface area contributed by atoms with Crippen LogP contribution in [0.15, 0.2) is 0 Å². The minimum absolute atomic E-state index is 0.380. The van der Waals surface area contributed by atoms with Crippen LogP contribution in [0.2, 0.25) is 0 Å². The van der Waals surface area contributed by atoms with Gasteiger partial charge in [-0.15, -0.1) is 0 Å². The fraction of sp³-hybridized carbons (Fsp3) is 1.00. The molecule has 0 radical (unpaired) electrons. The molecule has 0 aromatic rings. The van der Waals surface area contributed by atoms with Gasteiger partial charge in [-0.1, -0.05) is 0 Å². The first-order chi connectivity index (χ1) is 8.07. The van der Waals surface area contributed by atoms with Crippen molar-refractivity contribution in [1.29, 1.82) is 0 Å². The first-order valence-electron chi connectivity index (χ1n) is 6.55. The SMILES string of the molecule is COCCC(C)(O)CNC1CCCC(OC)C1. The molecule has 0 heterocycles. The van der Waals surface area contributed by atoms with Crippen LogP contribution in [0.3, 0.4) is 0 Å². The lowest BCUT2D eigenvalue weighted by Gasteiger charge is -2.32. The summed E-state index contributed by atoms with van der Waals surface area (Å²) in [5, 5.41) is 13.6. The summed E-state index contributed by atoms with van der Waals surface area (Å²) in [6.45, 7) is 3.08. The van der Waals surface area contributed by atoms with Gasteiger partial charge in [-0.3, -0.25) is 0 Å². The van der Waals surface area contributed by atoms with Crippen LogP contribution in [-0.4, -0.2) is 50.2 Å². The Morgan fingerprint density at radius 2 is 2.12 bits per heavy atom. The van der Waals surface area contributed by atoms with Crippen molar-refractivity contribution in [1.82, 2.24) is 5.32 Å². The highest BCUT2D eigenvalue weighted by Gasteiger charge is 2.25. The van der Waals surface area contributed by atoms with E-state index in [2.05, 4.69) is 5.32 Å². The fourth-order valence-corrected chi connectivity index (χ4v) is 2.32. The second-order valence-electron chi connectivity index (χ2n) is 5.34. The number of methoxy groups -OCH3 is 2. The Labute approximate surface area is 105 Å². The lowest BCUT2D eigenvalue weighted by Crippen LogP contribution is -2.45. The Morgan fingerprint density at radius 3 is 2.76 bits per heavy atom. The summed E-state index contributed by atoms with van der Waals surface area (Å²) in [5.41, 5.74) is -0.684. The van der Waals surface area contributed by atoms with Gasteiger partial charge in [-0.2, -0.15) is 0 Å². The molecule has 0 spiro atoms. The van der Waals surface area contributed by atoms with E-state index in [1.165, 1.54) is 12.8 Å². The van der Waals surface area contributed by atoms with Crippen molar-refractivity contribution in [2.75, 3.05) is 27.4 Å². The van der Waals surface area contributed by atoms with Crippen LogP contribution in [0.1, 0.15) is 39.0 Å². The molecule has 1 saturated carbocycles. The molecule has 0 aromatic heterocycles. The first-order valence-corrected chi connectivity index (χ1v) is 6.55. The summed E-state index contributed by atoms with van der Waals surface area (Å²) >= 11 is 0. The van der Waals surface area contributed by atoms with E-state index in [4.69, 9.17) is 9.47 Å². The Balaban J connectivity index is 2.24. The third kappa shape index (κ3) is 5.82.